The maximum absolute atomic E-state index is 13.5. The largest absolute Gasteiger partial charge is 0.872 e. The summed E-state index contributed by atoms with van der Waals surface area (Å²) in [6.07, 6.45) is 3.50. The number of Topliss-reactive ketones (excluding diaryl/α,β-unsaturated/α-hetero) is 1. The van der Waals surface area contributed by atoms with E-state index in [1.807, 2.05) is 12.1 Å². The number of carbonyl (C=O) groups is 2. The number of amides is 1. The minimum absolute atomic E-state index is 0.104. The Kier molecular flexibility index (Phi) is 5.89. The fourth-order valence-corrected chi connectivity index (χ4v) is 3.89. The molecule has 0 spiro atoms. The van der Waals surface area contributed by atoms with Crippen molar-refractivity contribution in [1.29, 1.82) is 0 Å². The van der Waals surface area contributed by atoms with Gasteiger partial charge in [0.05, 0.1) is 26.8 Å². The zero-order valence-corrected chi connectivity index (χ0v) is 17.7. The summed E-state index contributed by atoms with van der Waals surface area (Å²) in [7, 11) is 3.01. The van der Waals surface area contributed by atoms with Crippen LogP contribution in [0, 0.1) is 0 Å². The molecule has 1 saturated heterocycles. The molecule has 4 rings (SSSR count). The Balaban J connectivity index is 1.90. The molecule has 1 atom stereocenters. The van der Waals surface area contributed by atoms with Crippen molar-refractivity contribution in [1.82, 2.24) is 4.90 Å². The molecule has 0 bridgehead atoms. The van der Waals surface area contributed by atoms with Crippen LogP contribution in [0.4, 0.5) is 0 Å². The number of hydrogen-bond donors (Lipinski definition) is 0. The number of aromatic amines is 1. The number of H-pyrrole nitrogens is 1. The van der Waals surface area contributed by atoms with E-state index in [2.05, 4.69) is 4.98 Å². The summed E-state index contributed by atoms with van der Waals surface area (Å²) in [4.78, 5) is 30.6. The molecular weight excluding hydrogens is 408 g/mol. The Morgan fingerprint density at radius 2 is 1.84 bits per heavy atom. The highest BCUT2D eigenvalue weighted by Gasteiger charge is 2.45. The van der Waals surface area contributed by atoms with E-state index in [4.69, 9.17) is 9.47 Å². The highest BCUT2D eigenvalue weighted by molar-refractivity contribution is 6.46. The first-order valence-corrected chi connectivity index (χ1v) is 10.0. The number of nitrogens with zero attached hydrogens (tertiary/aromatic N) is 1. The average molecular weight is 430 g/mol. The topological polar surface area (TPSA) is 93.0 Å². The van der Waals surface area contributed by atoms with Crippen LogP contribution in [-0.2, 0) is 16.1 Å². The molecule has 3 aromatic rings. The summed E-state index contributed by atoms with van der Waals surface area (Å²) in [6, 6.07) is 16.4. The van der Waals surface area contributed by atoms with Crippen molar-refractivity contribution in [2.24, 2.45) is 0 Å². The Bertz CT molecular complexity index is 1190. The van der Waals surface area contributed by atoms with Gasteiger partial charge in [0.25, 0.3) is 5.91 Å². The maximum Gasteiger partial charge on any atom is 0.295 e. The van der Waals surface area contributed by atoms with Gasteiger partial charge in [-0.1, -0.05) is 36.1 Å². The van der Waals surface area contributed by atoms with Crippen LogP contribution in [0.15, 0.2) is 78.6 Å². The second-order valence-electron chi connectivity index (χ2n) is 7.29. The molecule has 7 heteroatoms. The third-order valence-corrected chi connectivity index (χ3v) is 5.42. The summed E-state index contributed by atoms with van der Waals surface area (Å²) in [6.45, 7) is 0.152. The monoisotopic (exact) mass is 430 g/mol. The highest BCUT2D eigenvalue weighted by Crippen LogP contribution is 2.42. The summed E-state index contributed by atoms with van der Waals surface area (Å²) in [5, 5.41) is 13.5. The molecule has 7 nitrogen and oxygen atoms in total. The van der Waals surface area contributed by atoms with Crippen molar-refractivity contribution < 1.29 is 29.2 Å². The number of aromatic nitrogens is 1. The van der Waals surface area contributed by atoms with Gasteiger partial charge >= 0.3 is 0 Å². The second-order valence-corrected chi connectivity index (χ2v) is 7.29. The van der Waals surface area contributed by atoms with E-state index in [1.54, 1.807) is 60.9 Å². The van der Waals surface area contributed by atoms with E-state index in [0.717, 1.165) is 5.56 Å². The number of likely N-dealkylation sites (tertiary alicyclic amines) is 1. The van der Waals surface area contributed by atoms with E-state index in [1.165, 1.54) is 19.1 Å². The van der Waals surface area contributed by atoms with Crippen molar-refractivity contribution in [2.45, 2.75) is 12.6 Å². The molecule has 1 amide bonds. The van der Waals surface area contributed by atoms with E-state index in [-0.39, 0.29) is 17.7 Å². The minimum Gasteiger partial charge on any atom is -0.872 e. The smallest absolute Gasteiger partial charge is 0.295 e. The molecule has 1 N–H and O–H groups in total. The molecule has 162 valence electrons. The van der Waals surface area contributed by atoms with Crippen molar-refractivity contribution in [3.8, 4) is 11.5 Å². The predicted molar refractivity (Wildman–Crippen MR) is 114 cm³/mol. The SMILES string of the molecule is COc1cccc(C([O-])=C2C(=O)C(=O)N(Cc3ccc[nH+]c3)C2c2ccccc2OC)c1. The lowest BCUT2D eigenvalue weighted by atomic mass is 9.94. The number of hydrogen-bond acceptors (Lipinski definition) is 5. The van der Waals surface area contributed by atoms with Crippen molar-refractivity contribution in [3.63, 3.8) is 0 Å². The third kappa shape index (κ3) is 3.80. The van der Waals surface area contributed by atoms with Gasteiger partial charge in [-0.3, -0.25) is 9.59 Å². The number of rotatable bonds is 6. The van der Waals surface area contributed by atoms with Crippen LogP contribution in [0.5, 0.6) is 11.5 Å². The van der Waals surface area contributed by atoms with Crippen molar-refractivity contribution in [3.05, 3.63) is 95.3 Å². The van der Waals surface area contributed by atoms with Gasteiger partial charge in [0, 0.05) is 22.8 Å². The molecule has 0 saturated carbocycles. The molecule has 0 radical (unpaired) electrons. The third-order valence-electron chi connectivity index (χ3n) is 5.42. The normalized spacial score (nSPS) is 17.4. The fraction of sp³-hybridized carbons (Fsp3) is 0.160. The molecule has 1 unspecified atom stereocenters. The standard InChI is InChI=1S/C25H22N2O5/c1-31-18-9-5-8-17(13-18)23(28)21-22(19-10-3-4-11-20(19)32-2)27(25(30)24(21)29)15-16-7-6-12-26-14-16/h3-14,22,28H,15H2,1-2H3. The lowest BCUT2D eigenvalue weighted by Crippen LogP contribution is -2.29. The van der Waals surface area contributed by atoms with Gasteiger partial charge in [-0.05, 0) is 29.8 Å². The lowest BCUT2D eigenvalue weighted by Gasteiger charge is -2.28. The second kappa shape index (κ2) is 8.93. The first-order valence-electron chi connectivity index (χ1n) is 10.0. The molecule has 0 aliphatic carbocycles. The highest BCUT2D eigenvalue weighted by atomic mass is 16.5. The van der Waals surface area contributed by atoms with Crippen LogP contribution in [0.1, 0.15) is 22.7 Å². The number of methoxy groups -OCH3 is 2. The van der Waals surface area contributed by atoms with Crippen LogP contribution >= 0.6 is 0 Å². The van der Waals surface area contributed by atoms with Gasteiger partial charge in [0.15, 0.2) is 12.4 Å². The molecule has 1 aliphatic rings. The Labute approximate surface area is 185 Å². The number of ether oxygens (including phenoxy) is 2. The first-order chi connectivity index (χ1) is 15.5. The number of para-hydroxylation sites is 1. The molecular formula is C25H22N2O5. The molecule has 1 aliphatic heterocycles. The molecule has 1 fully saturated rings. The summed E-state index contributed by atoms with van der Waals surface area (Å²) >= 11 is 0. The zero-order chi connectivity index (χ0) is 22.7. The lowest BCUT2D eigenvalue weighted by molar-refractivity contribution is -0.378. The number of pyridine rings is 1. The molecule has 1 aromatic heterocycles. The summed E-state index contributed by atoms with van der Waals surface area (Å²) in [5.74, 6) is -1.08. The quantitative estimate of drug-likeness (QED) is 0.339. The van der Waals surface area contributed by atoms with Crippen LogP contribution in [0.3, 0.4) is 0 Å². The van der Waals surface area contributed by atoms with Gasteiger partial charge in [-0.15, -0.1) is 0 Å². The van der Waals surface area contributed by atoms with Gasteiger partial charge in [-0.2, -0.15) is 0 Å². The number of ketones is 1. The Morgan fingerprint density at radius 3 is 2.56 bits per heavy atom. The van der Waals surface area contributed by atoms with Gasteiger partial charge < -0.3 is 19.5 Å². The average Bonchev–Trinajstić information content (AvgIpc) is 3.09. The minimum atomic E-state index is -0.884. The predicted octanol–water partition coefficient (Wildman–Crippen LogP) is 1.94. The maximum atomic E-state index is 13.5. The van der Waals surface area contributed by atoms with Gasteiger partial charge in [0.1, 0.15) is 11.5 Å². The van der Waals surface area contributed by atoms with E-state index in [0.29, 0.717) is 17.1 Å². The number of benzene rings is 2. The zero-order valence-electron chi connectivity index (χ0n) is 17.7. The summed E-state index contributed by atoms with van der Waals surface area (Å²) < 4.78 is 10.7. The van der Waals surface area contributed by atoms with Crippen LogP contribution in [-0.4, -0.2) is 30.8 Å². The first kappa shape index (κ1) is 21.1. The molecule has 2 aromatic carbocycles. The summed E-state index contributed by atoms with van der Waals surface area (Å²) in [5.41, 5.74) is 1.53. The van der Waals surface area contributed by atoms with Crippen LogP contribution in [0.2, 0.25) is 0 Å². The number of carbonyl (C=O) groups excluding carboxylic acids is 2. The van der Waals surface area contributed by atoms with Crippen molar-refractivity contribution >= 4 is 17.4 Å². The van der Waals surface area contributed by atoms with Gasteiger partial charge in [-0.25, -0.2) is 4.98 Å². The van der Waals surface area contributed by atoms with E-state index in [9.17, 15) is 14.7 Å². The Hall–Kier alpha value is -4.13. The fourth-order valence-electron chi connectivity index (χ4n) is 3.89. The molecule has 2 heterocycles. The molecule has 32 heavy (non-hydrogen) atoms. The van der Waals surface area contributed by atoms with Crippen LogP contribution in [0.25, 0.3) is 5.76 Å². The Morgan fingerprint density at radius 1 is 1.03 bits per heavy atom. The number of nitrogens with one attached hydrogen (secondary N) is 1. The van der Waals surface area contributed by atoms with E-state index >= 15 is 0 Å². The van der Waals surface area contributed by atoms with Gasteiger partial charge in [0.2, 0.25) is 5.78 Å². The van der Waals surface area contributed by atoms with Crippen molar-refractivity contribution in [2.75, 3.05) is 14.2 Å². The van der Waals surface area contributed by atoms with Crippen LogP contribution < -0.4 is 19.6 Å². The van der Waals surface area contributed by atoms with E-state index < -0.39 is 23.5 Å².